The molecule has 4 heteroatoms. The summed E-state index contributed by atoms with van der Waals surface area (Å²) in [5.41, 5.74) is 21.6. The van der Waals surface area contributed by atoms with Crippen LogP contribution in [0.1, 0.15) is 0 Å². The SMILES string of the molecule is c1ccc(-c2ccc(N3c4cc(-c5cc(-c6ccccc6)nc(-c6ccccc6)c5)cc5c4B(c4ccc6cc7ccccc7cc6c43)c3ccc4cc6ccccc6cc4c3N5c3ccc(-c4ccccc4)cc3)cc2)cc1. The molecule has 0 N–H and O–H groups in total. The lowest BCUT2D eigenvalue weighted by Crippen LogP contribution is -2.61. The van der Waals surface area contributed by atoms with Crippen molar-refractivity contribution in [3.05, 3.63) is 291 Å². The first-order chi connectivity index (χ1) is 39.1. The molecule has 79 heavy (non-hydrogen) atoms. The second-order valence-corrected chi connectivity index (χ2v) is 21.1. The van der Waals surface area contributed by atoms with Crippen LogP contribution in [0.2, 0.25) is 0 Å². The van der Waals surface area contributed by atoms with Gasteiger partial charge in [-0.25, -0.2) is 4.98 Å². The van der Waals surface area contributed by atoms with Crippen LogP contribution in [0.3, 0.4) is 0 Å². The zero-order chi connectivity index (χ0) is 52.0. The van der Waals surface area contributed by atoms with E-state index in [1.165, 1.54) is 93.1 Å². The second-order valence-electron chi connectivity index (χ2n) is 21.1. The summed E-state index contributed by atoms with van der Waals surface area (Å²) in [6.07, 6.45) is 0. The molecule has 13 aromatic carbocycles. The lowest BCUT2D eigenvalue weighted by atomic mass is 9.33. The Labute approximate surface area is 459 Å². The predicted molar refractivity (Wildman–Crippen MR) is 335 cm³/mol. The van der Waals surface area contributed by atoms with Crippen LogP contribution in [0.25, 0.3) is 99.0 Å². The van der Waals surface area contributed by atoms with Crippen LogP contribution < -0.4 is 26.2 Å². The number of pyridine rings is 1. The minimum Gasteiger partial charge on any atom is -0.311 e. The molecule has 2 aliphatic heterocycles. The lowest BCUT2D eigenvalue weighted by Gasteiger charge is -2.45. The van der Waals surface area contributed by atoms with Crippen LogP contribution in [-0.2, 0) is 0 Å². The Bertz CT molecular complexity index is 4400. The molecule has 0 atom stereocenters. The van der Waals surface area contributed by atoms with Crippen LogP contribution in [0.15, 0.2) is 291 Å². The van der Waals surface area contributed by atoms with E-state index in [0.29, 0.717) is 0 Å². The summed E-state index contributed by atoms with van der Waals surface area (Å²) in [6.45, 7) is -0.118. The van der Waals surface area contributed by atoms with Gasteiger partial charge in [0.25, 0.3) is 6.71 Å². The molecular formula is C75H48BN3. The third kappa shape index (κ3) is 7.48. The summed E-state index contributed by atoms with van der Waals surface area (Å²) in [4.78, 5) is 10.6. The van der Waals surface area contributed by atoms with Crippen LogP contribution in [0.5, 0.6) is 0 Å². The van der Waals surface area contributed by atoms with Crippen molar-refractivity contribution in [2.45, 2.75) is 0 Å². The fourth-order valence-corrected chi connectivity index (χ4v) is 12.8. The predicted octanol–water partition coefficient (Wildman–Crippen LogP) is 18.1. The van der Waals surface area contributed by atoms with Gasteiger partial charge in [-0.15, -0.1) is 0 Å². The molecule has 0 fully saturated rings. The Kier molecular flexibility index (Phi) is 10.4. The zero-order valence-corrected chi connectivity index (χ0v) is 43.1. The van der Waals surface area contributed by atoms with E-state index in [1.807, 2.05) is 0 Å². The van der Waals surface area contributed by atoms with Crippen molar-refractivity contribution in [1.29, 1.82) is 0 Å². The maximum absolute atomic E-state index is 5.40. The minimum absolute atomic E-state index is 0.118. The van der Waals surface area contributed by atoms with Crippen LogP contribution in [0, 0.1) is 0 Å². The highest BCUT2D eigenvalue weighted by Crippen LogP contribution is 2.50. The van der Waals surface area contributed by atoms with E-state index in [2.05, 4.69) is 301 Å². The van der Waals surface area contributed by atoms with Gasteiger partial charge in [0.05, 0.1) is 11.4 Å². The normalized spacial score (nSPS) is 12.5. The van der Waals surface area contributed by atoms with Crippen LogP contribution >= 0.6 is 0 Å². The van der Waals surface area contributed by atoms with Gasteiger partial charge in [0.1, 0.15) is 0 Å². The number of aromatic nitrogens is 1. The number of hydrogen-bond donors (Lipinski definition) is 0. The second kappa shape index (κ2) is 18.2. The van der Waals surface area contributed by atoms with Gasteiger partial charge in [-0.2, -0.15) is 0 Å². The average molecular weight is 1000 g/mol. The Morgan fingerprint density at radius 3 is 1.00 bits per heavy atom. The number of anilines is 6. The third-order valence-corrected chi connectivity index (χ3v) is 16.5. The van der Waals surface area contributed by atoms with Crippen molar-refractivity contribution in [3.63, 3.8) is 0 Å². The summed E-state index contributed by atoms with van der Waals surface area (Å²) in [5.74, 6) is 0. The largest absolute Gasteiger partial charge is 0.311 e. The summed E-state index contributed by atoms with van der Waals surface area (Å²) in [5, 5.41) is 9.74. The van der Waals surface area contributed by atoms with E-state index in [4.69, 9.17) is 4.98 Å². The lowest BCUT2D eigenvalue weighted by molar-refractivity contribution is 1.26. The van der Waals surface area contributed by atoms with Gasteiger partial charge in [-0.1, -0.05) is 218 Å². The van der Waals surface area contributed by atoms with Gasteiger partial charge in [0.15, 0.2) is 0 Å². The van der Waals surface area contributed by atoms with E-state index < -0.39 is 0 Å². The number of benzene rings is 13. The highest BCUT2D eigenvalue weighted by Gasteiger charge is 2.45. The minimum atomic E-state index is -0.118. The van der Waals surface area contributed by atoms with Gasteiger partial charge >= 0.3 is 0 Å². The van der Waals surface area contributed by atoms with Gasteiger partial charge in [-0.3, -0.25) is 0 Å². The molecule has 3 heterocycles. The molecule has 1 aromatic heterocycles. The molecule has 0 unspecified atom stereocenters. The van der Waals surface area contributed by atoms with Crippen molar-refractivity contribution in [1.82, 2.24) is 4.98 Å². The standard InChI is InChI=1S/C75H48BN3/c1-5-17-49(18-6-1)51-29-35-63(36-30-51)78-71-47-62(61-45-69(53-21-9-3-10-22-53)77-70(46-61)54-23-11-4-12-24-54)48-72-73(71)76(67-39-33-59-41-55-25-13-15-27-57(55)43-65(59)74(67)78)68-40-34-60-42-56-26-14-16-28-58(56)44-66(60)75(68)79(72)64-37-31-52(32-38-64)50-19-7-2-8-20-50/h1-48H. The Hall–Kier alpha value is -10.3. The van der Waals surface area contributed by atoms with Crippen molar-refractivity contribution < 1.29 is 0 Å². The third-order valence-electron chi connectivity index (χ3n) is 16.5. The molecule has 0 saturated heterocycles. The Morgan fingerprint density at radius 2 is 0.595 bits per heavy atom. The molecule has 366 valence electrons. The highest BCUT2D eigenvalue weighted by molar-refractivity contribution is 7.00. The molecule has 0 amide bonds. The molecule has 0 spiro atoms. The van der Waals surface area contributed by atoms with Crippen molar-refractivity contribution in [3.8, 4) is 55.9 Å². The molecule has 16 rings (SSSR count). The maximum Gasteiger partial charge on any atom is 0.252 e. The summed E-state index contributed by atoms with van der Waals surface area (Å²) in [6, 6.07) is 108. The molecular weight excluding hydrogens is 954 g/mol. The molecule has 2 aliphatic rings. The number of fused-ring (bicyclic) bond motifs is 10. The van der Waals surface area contributed by atoms with Crippen LogP contribution in [-0.4, -0.2) is 11.7 Å². The molecule has 0 radical (unpaired) electrons. The first-order valence-corrected chi connectivity index (χ1v) is 27.3. The molecule has 0 saturated carbocycles. The smallest absolute Gasteiger partial charge is 0.252 e. The summed E-state index contributed by atoms with van der Waals surface area (Å²) < 4.78 is 0. The van der Waals surface area contributed by atoms with E-state index in [9.17, 15) is 0 Å². The number of hydrogen-bond acceptors (Lipinski definition) is 3. The quantitative estimate of drug-likeness (QED) is 0.117. The zero-order valence-electron chi connectivity index (χ0n) is 43.1. The topological polar surface area (TPSA) is 19.4 Å². The van der Waals surface area contributed by atoms with Crippen molar-refractivity contribution in [2.75, 3.05) is 9.80 Å². The molecule has 3 nitrogen and oxygen atoms in total. The van der Waals surface area contributed by atoms with E-state index >= 15 is 0 Å². The monoisotopic (exact) mass is 1000 g/mol. The van der Waals surface area contributed by atoms with Crippen molar-refractivity contribution in [2.24, 2.45) is 0 Å². The number of nitrogens with zero attached hydrogens (tertiary/aromatic N) is 3. The first-order valence-electron chi connectivity index (χ1n) is 27.3. The highest BCUT2D eigenvalue weighted by atomic mass is 15.2. The van der Waals surface area contributed by atoms with Gasteiger partial charge in [-0.05, 0) is 155 Å². The van der Waals surface area contributed by atoms with Gasteiger partial charge in [0.2, 0.25) is 0 Å². The first kappa shape index (κ1) is 45.0. The van der Waals surface area contributed by atoms with Crippen LogP contribution in [0.4, 0.5) is 34.1 Å². The fourth-order valence-electron chi connectivity index (χ4n) is 12.8. The molecule has 14 aromatic rings. The van der Waals surface area contributed by atoms with E-state index in [1.54, 1.807) is 0 Å². The van der Waals surface area contributed by atoms with E-state index in [-0.39, 0.29) is 6.71 Å². The Morgan fingerprint density at radius 1 is 0.253 bits per heavy atom. The fraction of sp³-hybridized carbons (Fsp3) is 0. The summed E-state index contributed by atoms with van der Waals surface area (Å²) in [7, 11) is 0. The Balaban J connectivity index is 1.04. The van der Waals surface area contributed by atoms with Gasteiger partial charge < -0.3 is 9.80 Å². The number of rotatable bonds is 7. The maximum atomic E-state index is 5.40. The van der Waals surface area contributed by atoms with Gasteiger partial charge in [0, 0.05) is 56.0 Å². The molecule has 0 bridgehead atoms. The van der Waals surface area contributed by atoms with Crippen molar-refractivity contribution >= 4 is 100 Å². The molecule has 0 aliphatic carbocycles. The summed E-state index contributed by atoms with van der Waals surface area (Å²) >= 11 is 0. The average Bonchev–Trinajstić information content (AvgIpc) is 3.71. The van der Waals surface area contributed by atoms with E-state index in [0.717, 1.165) is 56.4 Å².